The van der Waals surface area contributed by atoms with E-state index in [-0.39, 0.29) is 17.6 Å². The summed E-state index contributed by atoms with van der Waals surface area (Å²) in [4.78, 5) is 14.5. The molecule has 3 rings (SSSR count). The Bertz CT molecular complexity index is 908. The summed E-state index contributed by atoms with van der Waals surface area (Å²) < 4.78 is 6.29. The molecule has 0 fully saturated rings. The van der Waals surface area contributed by atoms with Gasteiger partial charge in [0.1, 0.15) is 0 Å². The van der Waals surface area contributed by atoms with Crippen LogP contribution < -0.4 is 5.32 Å². The van der Waals surface area contributed by atoms with Gasteiger partial charge in [0.2, 0.25) is 0 Å². The molecule has 3 aromatic rings. The van der Waals surface area contributed by atoms with Gasteiger partial charge in [-0.1, -0.05) is 57.0 Å². The number of amides is 1. The molecule has 0 aliphatic heterocycles. The third-order valence-corrected chi connectivity index (χ3v) is 4.99. The van der Waals surface area contributed by atoms with Gasteiger partial charge in [-0.2, -0.15) is 0 Å². The lowest BCUT2D eigenvalue weighted by Gasteiger charge is -2.25. The molecule has 0 spiro atoms. The summed E-state index contributed by atoms with van der Waals surface area (Å²) in [6.07, 6.45) is 0. The fourth-order valence-corrected chi connectivity index (χ4v) is 3.09. The fraction of sp³-hybridized carbons (Fsp3) is 0.200. The van der Waals surface area contributed by atoms with Gasteiger partial charge in [0.25, 0.3) is 5.91 Å². The number of carbonyl (C=O) groups is 1. The summed E-state index contributed by atoms with van der Waals surface area (Å²) in [5.74, 6) is 0.275. The Morgan fingerprint density at radius 1 is 1.19 bits per heavy atom. The normalized spacial score (nSPS) is 12.2. The van der Waals surface area contributed by atoms with Gasteiger partial charge in [-0.15, -0.1) is 0 Å². The molecule has 0 aliphatic carbocycles. The first-order valence-corrected chi connectivity index (χ1v) is 9.54. The molecule has 1 N–H and O–H groups in total. The van der Waals surface area contributed by atoms with E-state index in [2.05, 4.69) is 26.4 Å². The highest BCUT2D eigenvalue weighted by atomic mass is 79.9. The van der Waals surface area contributed by atoms with Gasteiger partial charge < -0.3 is 14.7 Å². The van der Waals surface area contributed by atoms with Crippen molar-refractivity contribution in [2.24, 2.45) is 0 Å². The third kappa shape index (κ3) is 4.97. The van der Waals surface area contributed by atoms with Crippen LogP contribution in [0.2, 0.25) is 5.02 Å². The van der Waals surface area contributed by atoms with Crippen LogP contribution in [0.5, 0.6) is 0 Å². The lowest BCUT2D eigenvalue weighted by atomic mass is 10.1. The van der Waals surface area contributed by atoms with E-state index in [1.807, 2.05) is 67.5 Å². The fourth-order valence-electron chi connectivity index (χ4n) is 2.70. The van der Waals surface area contributed by atoms with Crippen molar-refractivity contribution in [1.82, 2.24) is 15.4 Å². The zero-order valence-electron chi connectivity index (χ0n) is 14.9. The molecule has 2 aromatic carbocycles. The van der Waals surface area contributed by atoms with Gasteiger partial charge in [-0.3, -0.25) is 4.79 Å². The van der Waals surface area contributed by atoms with E-state index in [1.165, 1.54) is 0 Å². The summed E-state index contributed by atoms with van der Waals surface area (Å²) in [5.41, 5.74) is 2.18. The van der Waals surface area contributed by atoms with Crippen molar-refractivity contribution in [3.05, 3.63) is 75.4 Å². The van der Waals surface area contributed by atoms with Crippen LogP contribution in [0.15, 0.2) is 63.6 Å². The second-order valence-corrected chi connectivity index (χ2v) is 7.68. The van der Waals surface area contributed by atoms with E-state index in [1.54, 1.807) is 6.07 Å². The molecule has 1 aromatic heterocycles. The van der Waals surface area contributed by atoms with Gasteiger partial charge in [-0.25, -0.2) is 0 Å². The SMILES string of the molecule is CN(C)[C@@H](CNC(=O)c1cc(-c2ccc(Br)cc2)on1)c1ccc(Cl)cc1. The maximum absolute atomic E-state index is 12.5. The number of halogens is 2. The maximum Gasteiger partial charge on any atom is 0.273 e. The maximum atomic E-state index is 12.5. The quantitative estimate of drug-likeness (QED) is 0.589. The summed E-state index contributed by atoms with van der Waals surface area (Å²) in [6, 6.07) is 16.9. The van der Waals surface area contributed by atoms with Crippen molar-refractivity contribution in [1.29, 1.82) is 0 Å². The van der Waals surface area contributed by atoms with Crippen LogP contribution in [0, 0.1) is 0 Å². The molecule has 7 heteroatoms. The zero-order chi connectivity index (χ0) is 19.4. The number of hydrogen-bond donors (Lipinski definition) is 1. The first-order valence-electron chi connectivity index (χ1n) is 8.37. The van der Waals surface area contributed by atoms with E-state index in [9.17, 15) is 4.79 Å². The van der Waals surface area contributed by atoms with Crippen LogP contribution in [0.25, 0.3) is 11.3 Å². The van der Waals surface area contributed by atoms with Gasteiger partial charge in [0.05, 0.1) is 6.04 Å². The van der Waals surface area contributed by atoms with Crippen molar-refractivity contribution >= 4 is 33.4 Å². The van der Waals surface area contributed by atoms with Gasteiger partial charge in [0.15, 0.2) is 11.5 Å². The number of rotatable bonds is 6. The van der Waals surface area contributed by atoms with Crippen LogP contribution in [0.3, 0.4) is 0 Å². The van der Waals surface area contributed by atoms with Gasteiger partial charge in [-0.05, 0) is 43.9 Å². The number of carbonyl (C=O) groups excluding carboxylic acids is 1. The van der Waals surface area contributed by atoms with Crippen LogP contribution in [-0.4, -0.2) is 36.6 Å². The minimum absolute atomic E-state index is 0.0176. The molecule has 0 saturated heterocycles. The van der Waals surface area contributed by atoms with Crippen molar-refractivity contribution < 1.29 is 9.32 Å². The molecule has 27 heavy (non-hydrogen) atoms. The second-order valence-electron chi connectivity index (χ2n) is 6.32. The van der Waals surface area contributed by atoms with Gasteiger partial charge in [0, 0.05) is 27.7 Å². The summed E-state index contributed by atoms with van der Waals surface area (Å²) in [6.45, 7) is 0.438. The summed E-state index contributed by atoms with van der Waals surface area (Å²) in [7, 11) is 3.93. The number of benzene rings is 2. The van der Waals surface area contributed by atoms with E-state index < -0.39 is 0 Å². The smallest absolute Gasteiger partial charge is 0.273 e. The Balaban J connectivity index is 1.67. The molecule has 0 saturated carbocycles. The highest BCUT2D eigenvalue weighted by Gasteiger charge is 2.18. The number of hydrogen-bond acceptors (Lipinski definition) is 4. The first kappa shape index (κ1) is 19.6. The largest absolute Gasteiger partial charge is 0.355 e. The van der Waals surface area contributed by atoms with E-state index in [0.717, 1.165) is 15.6 Å². The highest BCUT2D eigenvalue weighted by Crippen LogP contribution is 2.23. The zero-order valence-corrected chi connectivity index (χ0v) is 17.3. The topological polar surface area (TPSA) is 58.4 Å². The minimum atomic E-state index is -0.275. The molecule has 0 aliphatic rings. The molecule has 1 atom stereocenters. The van der Waals surface area contributed by atoms with E-state index in [0.29, 0.717) is 17.3 Å². The van der Waals surface area contributed by atoms with Crippen molar-refractivity contribution in [3.63, 3.8) is 0 Å². The number of nitrogens with one attached hydrogen (secondary N) is 1. The van der Waals surface area contributed by atoms with Crippen LogP contribution in [-0.2, 0) is 0 Å². The first-order chi connectivity index (χ1) is 12.9. The second kappa shape index (κ2) is 8.69. The molecule has 0 radical (unpaired) electrons. The number of aromatic nitrogens is 1. The third-order valence-electron chi connectivity index (χ3n) is 4.21. The minimum Gasteiger partial charge on any atom is -0.355 e. The molecule has 1 amide bonds. The van der Waals surface area contributed by atoms with Crippen molar-refractivity contribution in [2.75, 3.05) is 20.6 Å². The van der Waals surface area contributed by atoms with Crippen molar-refractivity contribution in [2.45, 2.75) is 6.04 Å². The predicted octanol–water partition coefficient (Wildman–Crippen LogP) is 4.79. The standard InChI is InChI=1S/C20H19BrClN3O2/c1-25(2)18(13-5-9-16(22)10-6-13)12-23-20(26)17-11-19(27-24-17)14-3-7-15(21)8-4-14/h3-11,18H,12H2,1-2H3,(H,23,26)/t18-/m0/s1. The van der Waals surface area contributed by atoms with Crippen LogP contribution >= 0.6 is 27.5 Å². The highest BCUT2D eigenvalue weighted by molar-refractivity contribution is 9.10. The van der Waals surface area contributed by atoms with Crippen LogP contribution in [0.1, 0.15) is 22.1 Å². The molecule has 5 nitrogen and oxygen atoms in total. The molecular formula is C20H19BrClN3O2. The van der Waals surface area contributed by atoms with E-state index in [4.69, 9.17) is 16.1 Å². The lowest BCUT2D eigenvalue weighted by Crippen LogP contribution is -2.34. The van der Waals surface area contributed by atoms with E-state index >= 15 is 0 Å². The summed E-state index contributed by atoms with van der Waals surface area (Å²) in [5, 5.41) is 7.50. The van der Waals surface area contributed by atoms with Crippen molar-refractivity contribution in [3.8, 4) is 11.3 Å². The molecule has 0 bridgehead atoms. The average molecular weight is 449 g/mol. The Hall–Kier alpha value is -2.15. The summed E-state index contributed by atoms with van der Waals surface area (Å²) >= 11 is 9.35. The Kier molecular flexibility index (Phi) is 6.31. The molecule has 0 unspecified atom stereocenters. The lowest BCUT2D eigenvalue weighted by molar-refractivity contribution is 0.0933. The van der Waals surface area contributed by atoms with Crippen LogP contribution in [0.4, 0.5) is 0 Å². The predicted molar refractivity (Wildman–Crippen MR) is 110 cm³/mol. The molecule has 1 heterocycles. The van der Waals surface area contributed by atoms with Gasteiger partial charge >= 0.3 is 0 Å². The average Bonchev–Trinajstić information content (AvgIpc) is 3.14. The Labute approximate surface area is 171 Å². The monoisotopic (exact) mass is 447 g/mol. The Morgan fingerprint density at radius 3 is 2.48 bits per heavy atom. The molecule has 140 valence electrons. The number of nitrogens with zero attached hydrogens (tertiary/aromatic N) is 2. The molecular weight excluding hydrogens is 430 g/mol. The Morgan fingerprint density at radius 2 is 1.85 bits per heavy atom. The number of likely N-dealkylation sites (N-methyl/N-ethyl adjacent to an activating group) is 1.